The SMILES string of the molecule is C[C@@H](O)CNC(=O)C[C@H]1CCc2sc3ncnc(O[C@H]4CC[C@H](N(C)C)CC4)c3c21. The standard InChI is InChI=1S/C22H32N4O3S/c1-13(27)11-23-18(28)10-14-4-9-17-19(14)20-21(24-12-25-22(20)30-17)29-16-7-5-15(6-8-16)26(2)3/h12-16,27H,4-11H2,1-3H3,(H,23,28)/t13-,14-,15-,16-/m1/s1. The quantitative estimate of drug-likeness (QED) is 0.700. The van der Waals surface area contributed by atoms with Crippen molar-refractivity contribution in [3.05, 3.63) is 16.8 Å². The van der Waals surface area contributed by atoms with E-state index in [1.54, 1.807) is 24.6 Å². The summed E-state index contributed by atoms with van der Waals surface area (Å²) in [6.45, 7) is 1.96. The molecule has 0 radical (unpaired) electrons. The van der Waals surface area contributed by atoms with Crippen molar-refractivity contribution in [2.45, 2.75) is 76.0 Å². The lowest BCUT2D eigenvalue weighted by molar-refractivity contribution is -0.121. The molecule has 0 spiro atoms. The van der Waals surface area contributed by atoms with Crippen LogP contribution >= 0.6 is 11.3 Å². The van der Waals surface area contributed by atoms with Gasteiger partial charge in [-0.1, -0.05) is 0 Å². The molecule has 7 nitrogen and oxygen atoms in total. The Balaban J connectivity index is 1.51. The number of fused-ring (bicyclic) bond motifs is 3. The molecule has 2 atom stereocenters. The van der Waals surface area contributed by atoms with E-state index in [4.69, 9.17) is 4.74 Å². The molecule has 4 rings (SSSR count). The van der Waals surface area contributed by atoms with Crippen molar-refractivity contribution in [2.75, 3.05) is 20.6 Å². The molecule has 0 saturated heterocycles. The zero-order chi connectivity index (χ0) is 21.3. The third-order valence-corrected chi connectivity index (χ3v) is 7.55. The van der Waals surface area contributed by atoms with Crippen molar-refractivity contribution in [3.8, 4) is 5.88 Å². The van der Waals surface area contributed by atoms with Crippen LogP contribution in [0.3, 0.4) is 0 Å². The van der Waals surface area contributed by atoms with E-state index in [9.17, 15) is 9.90 Å². The van der Waals surface area contributed by atoms with E-state index in [-0.39, 0.29) is 24.5 Å². The summed E-state index contributed by atoms with van der Waals surface area (Å²) in [5.74, 6) is 0.817. The van der Waals surface area contributed by atoms with E-state index in [2.05, 4.69) is 34.3 Å². The van der Waals surface area contributed by atoms with Crippen molar-refractivity contribution in [2.24, 2.45) is 0 Å². The average molecular weight is 433 g/mol. The molecule has 0 aliphatic heterocycles. The van der Waals surface area contributed by atoms with Gasteiger partial charge in [0.1, 0.15) is 17.3 Å². The number of nitrogens with one attached hydrogen (secondary N) is 1. The van der Waals surface area contributed by atoms with E-state index in [0.29, 0.717) is 18.3 Å². The largest absolute Gasteiger partial charge is 0.474 e. The zero-order valence-electron chi connectivity index (χ0n) is 18.1. The monoisotopic (exact) mass is 432 g/mol. The first-order valence-corrected chi connectivity index (χ1v) is 11.8. The molecule has 0 unspecified atom stereocenters. The molecule has 2 aliphatic carbocycles. The maximum atomic E-state index is 12.4. The molecule has 2 aliphatic rings. The first-order valence-electron chi connectivity index (χ1n) is 11.0. The van der Waals surface area contributed by atoms with Crippen LogP contribution in [0.15, 0.2) is 6.33 Å². The maximum absolute atomic E-state index is 12.4. The van der Waals surface area contributed by atoms with Crippen LogP contribution in [0.5, 0.6) is 5.88 Å². The highest BCUT2D eigenvalue weighted by molar-refractivity contribution is 7.19. The summed E-state index contributed by atoms with van der Waals surface area (Å²) in [5, 5.41) is 13.3. The Hall–Kier alpha value is -1.77. The number of aromatic nitrogens is 2. The lowest BCUT2D eigenvalue weighted by Crippen LogP contribution is -2.35. The molecule has 8 heteroatoms. The maximum Gasteiger partial charge on any atom is 0.225 e. The van der Waals surface area contributed by atoms with Crippen molar-refractivity contribution in [3.63, 3.8) is 0 Å². The molecule has 1 amide bonds. The molecule has 1 saturated carbocycles. The molecule has 30 heavy (non-hydrogen) atoms. The van der Waals surface area contributed by atoms with Crippen LogP contribution in [0.4, 0.5) is 0 Å². The summed E-state index contributed by atoms with van der Waals surface area (Å²) >= 11 is 1.71. The predicted octanol–water partition coefficient (Wildman–Crippen LogP) is 2.86. The summed E-state index contributed by atoms with van der Waals surface area (Å²) in [6.07, 6.45) is 7.94. The van der Waals surface area contributed by atoms with E-state index < -0.39 is 6.10 Å². The highest BCUT2D eigenvalue weighted by atomic mass is 32.1. The highest BCUT2D eigenvalue weighted by Gasteiger charge is 2.32. The van der Waals surface area contributed by atoms with Gasteiger partial charge in [0.2, 0.25) is 11.8 Å². The highest BCUT2D eigenvalue weighted by Crippen LogP contribution is 2.47. The zero-order valence-corrected chi connectivity index (χ0v) is 18.9. The van der Waals surface area contributed by atoms with Crippen molar-refractivity contribution in [1.29, 1.82) is 0 Å². The number of nitrogens with zero attached hydrogens (tertiary/aromatic N) is 3. The molecule has 0 bridgehead atoms. The number of aryl methyl sites for hydroxylation is 1. The second-order valence-corrected chi connectivity index (χ2v) is 9.99. The molecule has 164 valence electrons. The smallest absolute Gasteiger partial charge is 0.225 e. The number of amides is 1. The van der Waals surface area contributed by atoms with Gasteiger partial charge in [0.25, 0.3) is 0 Å². The Bertz CT molecular complexity index is 890. The van der Waals surface area contributed by atoms with E-state index in [1.165, 1.54) is 10.4 Å². The molecule has 2 N–H and O–H groups in total. The molecule has 2 aromatic heterocycles. The van der Waals surface area contributed by atoms with Crippen LogP contribution in [0.1, 0.15) is 61.8 Å². The fourth-order valence-corrected chi connectivity index (χ4v) is 5.96. The minimum Gasteiger partial charge on any atom is -0.474 e. The number of ether oxygens (including phenoxy) is 1. The first kappa shape index (κ1) is 21.5. The number of hydrogen-bond acceptors (Lipinski definition) is 7. The van der Waals surface area contributed by atoms with Gasteiger partial charge in [0, 0.05) is 23.9 Å². The third kappa shape index (κ3) is 4.60. The van der Waals surface area contributed by atoms with Crippen LogP contribution in [0, 0.1) is 0 Å². The number of aliphatic hydroxyl groups is 1. The first-order chi connectivity index (χ1) is 14.4. The van der Waals surface area contributed by atoms with Crippen molar-refractivity contribution < 1.29 is 14.6 Å². The van der Waals surface area contributed by atoms with Crippen LogP contribution in [0.25, 0.3) is 10.2 Å². The van der Waals surface area contributed by atoms with Gasteiger partial charge in [-0.25, -0.2) is 9.97 Å². The van der Waals surface area contributed by atoms with Crippen LogP contribution in [-0.2, 0) is 11.2 Å². The van der Waals surface area contributed by atoms with Gasteiger partial charge >= 0.3 is 0 Å². The third-order valence-electron chi connectivity index (χ3n) is 6.37. The molecular weight excluding hydrogens is 400 g/mol. The Labute approximate surface area is 181 Å². The second kappa shape index (κ2) is 9.16. The predicted molar refractivity (Wildman–Crippen MR) is 118 cm³/mol. The Kier molecular flexibility index (Phi) is 6.55. The van der Waals surface area contributed by atoms with E-state index in [0.717, 1.165) is 48.7 Å². The summed E-state index contributed by atoms with van der Waals surface area (Å²) in [5.41, 5.74) is 1.21. The summed E-state index contributed by atoms with van der Waals surface area (Å²) in [6, 6.07) is 0.630. The fraction of sp³-hybridized carbons (Fsp3) is 0.682. The molecule has 2 heterocycles. The van der Waals surface area contributed by atoms with Crippen LogP contribution in [0.2, 0.25) is 0 Å². The van der Waals surface area contributed by atoms with E-state index >= 15 is 0 Å². The number of rotatable bonds is 7. The van der Waals surface area contributed by atoms with Crippen LogP contribution in [-0.4, -0.2) is 64.8 Å². The molecule has 1 fully saturated rings. The fourth-order valence-electron chi connectivity index (χ4n) is 4.73. The molecule has 2 aromatic rings. The number of aliphatic hydroxyl groups excluding tert-OH is 1. The van der Waals surface area contributed by atoms with Gasteiger partial charge in [0.15, 0.2) is 0 Å². The Morgan fingerprint density at radius 3 is 2.77 bits per heavy atom. The topological polar surface area (TPSA) is 87.6 Å². The summed E-state index contributed by atoms with van der Waals surface area (Å²) < 4.78 is 6.42. The van der Waals surface area contributed by atoms with Crippen molar-refractivity contribution in [1.82, 2.24) is 20.2 Å². The number of thiophene rings is 1. The van der Waals surface area contributed by atoms with Crippen molar-refractivity contribution >= 4 is 27.5 Å². The average Bonchev–Trinajstić information content (AvgIpc) is 3.27. The summed E-state index contributed by atoms with van der Waals surface area (Å²) in [4.78, 5) is 25.9. The van der Waals surface area contributed by atoms with Gasteiger partial charge < -0.3 is 20.1 Å². The molecular formula is C22H32N4O3S. The Morgan fingerprint density at radius 2 is 2.07 bits per heavy atom. The number of hydrogen-bond donors (Lipinski definition) is 2. The van der Waals surface area contributed by atoms with Gasteiger partial charge in [-0.05, 0) is 71.0 Å². The number of carbonyl (C=O) groups excluding carboxylic acids is 1. The van der Waals surface area contributed by atoms with Gasteiger partial charge in [-0.3, -0.25) is 4.79 Å². The minimum absolute atomic E-state index is 0.0191. The Morgan fingerprint density at radius 1 is 1.30 bits per heavy atom. The number of carbonyl (C=O) groups is 1. The second-order valence-electron chi connectivity index (χ2n) is 8.90. The minimum atomic E-state index is -0.536. The van der Waals surface area contributed by atoms with Gasteiger partial charge in [-0.15, -0.1) is 11.3 Å². The summed E-state index contributed by atoms with van der Waals surface area (Å²) in [7, 11) is 4.29. The van der Waals surface area contributed by atoms with E-state index in [1.807, 2.05) is 0 Å². The molecule has 0 aromatic carbocycles. The van der Waals surface area contributed by atoms with Gasteiger partial charge in [0.05, 0.1) is 11.5 Å². The lowest BCUT2D eigenvalue weighted by atomic mass is 9.92. The van der Waals surface area contributed by atoms with Gasteiger partial charge in [-0.2, -0.15) is 0 Å². The lowest BCUT2D eigenvalue weighted by Gasteiger charge is -2.32. The van der Waals surface area contributed by atoms with Crippen LogP contribution < -0.4 is 10.1 Å². The normalized spacial score (nSPS) is 24.8.